The van der Waals surface area contributed by atoms with Crippen LogP contribution in [-0.2, 0) is 66.7 Å². The van der Waals surface area contributed by atoms with Crippen molar-refractivity contribution in [2.45, 2.75) is 142 Å². The summed E-state index contributed by atoms with van der Waals surface area (Å²) in [4.78, 5) is 78.7. The number of halogens is 6. The largest absolute Gasteiger partial charge is 0.462 e. The Labute approximate surface area is 379 Å². The van der Waals surface area contributed by atoms with Crippen molar-refractivity contribution in [3.8, 4) is 0 Å². The fraction of sp³-hybridized carbons (Fsp3) is 0.674. The van der Waals surface area contributed by atoms with Gasteiger partial charge in [-0.2, -0.15) is 26.3 Å². The highest BCUT2D eigenvalue weighted by Gasteiger charge is 2.54. The first kappa shape index (κ1) is 55.2. The molecule has 6 aliphatic carbocycles. The van der Waals surface area contributed by atoms with Gasteiger partial charge in [0.25, 0.3) is 0 Å². The van der Waals surface area contributed by atoms with Crippen LogP contribution in [0.5, 0.6) is 0 Å². The number of ether oxygens (including phenoxy) is 7. The van der Waals surface area contributed by atoms with E-state index in [1.54, 1.807) is 6.92 Å². The van der Waals surface area contributed by atoms with Gasteiger partial charge < -0.3 is 33.2 Å². The first-order valence-corrected chi connectivity index (χ1v) is 21.6. The lowest BCUT2D eigenvalue weighted by Gasteiger charge is -2.55. The number of fused-ring (bicyclic) bond motifs is 1. The summed E-state index contributed by atoms with van der Waals surface area (Å²) in [6, 6.07) is 0. The highest BCUT2D eigenvalue weighted by Crippen LogP contribution is 2.57. The fourth-order valence-corrected chi connectivity index (χ4v) is 9.27. The van der Waals surface area contributed by atoms with Crippen LogP contribution in [0.1, 0.15) is 105 Å². The van der Waals surface area contributed by atoms with E-state index in [-0.39, 0.29) is 58.8 Å². The van der Waals surface area contributed by atoms with Crippen molar-refractivity contribution >= 4 is 41.8 Å². The van der Waals surface area contributed by atoms with Crippen LogP contribution in [0.2, 0.25) is 0 Å². The highest BCUT2D eigenvalue weighted by atomic mass is 19.4. The number of hydrogen-bond donors (Lipinski definition) is 0. The van der Waals surface area contributed by atoms with Gasteiger partial charge in [-0.05, 0) is 122 Å². The molecule has 8 rings (SSSR count). The lowest BCUT2D eigenvalue weighted by atomic mass is 9.54. The Morgan fingerprint density at radius 3 is 1.64 bits per heavy atom. The van der Waals surface area contributed by atoms with Gasteiger partial charge in [-0.1, -0.05) is 26.3 Å². The van der Waals surface area contributed by atoms with Gasteiger partial charge in [0.1, 0.15) is 37.4 Å². The van der Waals surface area contributed by atoms with Crippen LogP contribution in [0.15, 0.2) is 48.6 Å². The molecule has 2 heterocycles. The van der Waals surface area contributed by atoms with E-state index in [2.05, 4.69) is 40.5 Å². The Balaban J connectivity index is 0.000000240. The van der Waals surface area contributed by atoms with E-state index in [1.807, 2.05) is 0 Å². The molecule has 0 amide bonds. The van der Waals surface area contributed by atoms with E-state index < -0.39 is 74.0 Å². The number of esters is 7. The minimum absolute atomic E-state index is 0.0499. The number of carbonyl (C=O) groups excluding carboxylic acids is 7. The summed E-state index contributed by atoms with van der Waals surface area (Å²) in [6.45, 7) is 19.1. The molecule has 0 aromatic heterocycles. The molecule has 6 atom stereocenters. The summed E-state index contributed by atoms with van der Waals surface area (Å²) in [5, 5.41) is 0. The summed E-state index contributed by atoms with van der Waals surface area (Å²) in [5.74, 6) is -1.63. The Morgan fingerprint density at radius 2 is 1.15 bits per heavy atom. The lowest BCUT2D eigenvalue weighted by molar-refractivity contribution is -0.213. The minimum Gasteiger partial charge on any atom is -0.462 e. The number of alkyl halides is 6. The Kier molecular flexibility index (Phi) is 19.7. The van der Waals surface area contributed by atoms with E-state index in [0.29, 0.717) is 11.5 Å². The molecule has 20 heteroatoms. The second-order valence-corrected chi connectivity index (χ2v) is 18.1. The van der Waals surface area contributed by atoms with Crippen LogP contribution < -0.4 is 0 Å². The molecule has 0 aromatic rings. The van der Waals surface area contributed by atoms with Gasteiger partial charge in [-0.25, -0.2) is 24.0 Å². The van der Waals surface area contributed by atoms with E-state index in [9.17, 15) is 59.9 Å². The van der Waals surface area contributed by atoms with Crippen LogP contribution in [0.25, 0.3) is 0 Å². The molecule has 370 valence electrons. The number of carbonyl (C=O) groups is 7. The summed E-state index contributed by atoms with van der Waals surface area (Å²) in [6.07, 6.45) is -2.82. The van der Waals surface area contributed by atoms with Crippen LogP contribution in [0.3, 0.4) is 0 Å². The number of hydrogen-bond acceptors (Lipinski definition) is 14. The third-order valence-corrected chi connectivity index (χ3v) is 11.8. The van der Waals surface area contributed by atoms with Crippen LogP contribution in [0.4, 0.5) is 26.3 Å². The quantitative estimate of drug-likeness (QED) is 0.0567. The molecule has 8 aliphatic rings. The second-order valence-electron chi connectivity index (χ2n) is 18.1. The summed E-state index contributed by atoms with van der Waals surface area (Å²) in [7, 11) is 0. The summed E-state index contributed by atoms with van der Waals surface area (Å²) in [5.41, 5.74) is 0.766. The molecule has 0 N–H and O–H groups in total. The molecule has 8 fully saturated rings. The predicted octanol–water partition coefficient (Wildman–Crippen LogP) is 8.11. The molecule has 6 saturated carbocycles. The van der Waals surface area contributed by atoms with E-state index in [4.69, 9.17) is 18.9 Å². The molecule has 0 radical (unpaired) electrons. The van der Waals surface area contributed by atoms with Gasteiger partial charge in [0, 0.05) is 28.2 Å². The molecule has 14 nitrogen and oxygen atoms in total. The third kappa shape index (κ3) is 17.6. The Hall–Kier alpha value is -5.17. The van der Waals surface area contributed by atoms with E-state index in [0.717, 1.165) is 69.6 Å². The van der Waals surface area contributed by atoms with Gasteiger partial charge in [0.2, 0.25) is 0 Å². The zero-order chi connectivity index (χ0) is 49.9. The summed E-state index contributed by atoms with van der Waals surface area (Å²) >= 11 is 0. The van der Waals surface area contributed by atoms with Gasteiger partial charge >= 0.3 is 54.1 Å². The maximum absolute atomic E-state index is 11.9. The zero-order valence-corrected chi connectivity index (χ0v) is 37.9. The van der Waals surface area contributed by atoms with Gasteiger partial charge in [-0.3, -0.25) is 9.59 Å². The third-order valence-electron chi connectivity index (χ3n) is 11.8. The average Bonchev–Trinajstić information content (AvgIpc) is 3.34. The van der Waals surface area contributed by atoms with Crippen molar-refractivity contribution in [2.24, 2.45) is 35.5 Å². The molecular formula is C46H60F6O14. The van der Waals surface area contributed by atoms with Crippen molar-refractivity contribution in [1.82, 2.24) is 0 Å². The molecular weight excluding hydrogens is 890 g/mol. The van der Waals surface area contributed by atoms with Crippen molar-refractivity contribution < 1.29 is 93.1 Å². The molecule has 66 heavy (non-hydrogen) atoms. The summed E-state index contributed by atoms with van der Waals surface area (Å²) < 4.78 is 104. The molecule has 2 aliphatic heterocycles. The predicted molar refractivity (Wildman–Crippen MR) is 220 cm³/mol. The standard InChI is InChI=1S/C16H20O6.C14H20O2.C9H11F3O4.C7H9F3O2/c1-8(2)15(18)20-7-13(17)22-14-10-3-9-4-11(6-10)16(19)21-12(14)5-9;1-9(2)13(15)16-14-6-10-3-11(7-14)5-12(4-10)8-14;1-6(2)8(14)16-4-3-15-7(13)5-9(10,11)12;1-4(2)6(11)12-5(3)7(8,9)10/h9-12,14H,1,3-7H2,2H3;10-12H,1,3-8H2,2H3;1,3-5H2,2H3;5H,1H2,2-3H3. The van der Waals surface area contributed by atoms with Crippen LogP contribution in [0, 0.1) is 35.5 Å². The van der Waals surface area contributed by atoms with Crippen molar-refractivity contribution in [1.29, 1.82) is 0 Å². The van der Waals surface area contributed by atoms with E-state index in [1.165, 1.54) is 40.0 Å². The van der Waals surface area contributed by atoms with Crippen molar-refractivity contribution in [2.75, 3.05) is 19.8 Å². The highest BCUT2D eigenvalue weighted by molar-refractivity contribution is 5.89. The topological polar surface area (TPSA) is 184 Å². The fourth-order valence-electron chi connectivity index (χ4n) is 9.27. The maximum Gasteiger partial charge on any atom is 0.425 e. The van der Waals surface area contributed by atoms with Gasteiger partial charge in [-0.15, -0.1) is 0 Å². The number of rotatable bonds is 13. The van der Waals surface area contributed by atoms with Crippen molar-refractivity contribution in [3.63, 3.8) is 0 Å². The normalized spacial score (nSPS) is 27.7. The maximum atomic E-state index is 11.9. The molecule has 0 aromatic carbocycles. The van der Waals surface area contributed by atoms with Crippen molar-refractivity contribution in [3.05, 3.63) is 48.6 Å². The van der Waals surface area contributed by atoms with Gasteiger partial charge in [0.15, 0.2) is 12.7 Å². The molecule has 8 bridgehead atoms. The first-order valence-electron chi connectivity index (χ1n) is 21.6. The van der Waals surface area contributed by atoms with Crippen LogP contribution >= 0.6 is 0 Å². The Bertz CT molecular complexity index is 1830. The second kappa shape index (κ2) is 23.5. The molecule has 2 saturated heterocycles. The van der Waals surface area contributed by atoms with Crippen LogP contribution in [-0.4, -0.2) is 97.9 Å². The lowest BCUT2D eigenvalue weighted by Crippen LogP contribution is -2.52. The average molecular weight is 951 g/mol. The Morgan fingerprint density at radius 1 is 0.652 bits per heavy atom. The smallest absolute Gasteiger partial charge is 0.425 e. The molecule has 0 spiro atoms. The van der Waals surface area contributed by atoms with E-state index >= 15 is 0 Å². The SMILES string of the molecule is C=C(C)C(=O)OC(C)C(F)(F)F.C=C(C)C(=O)OC12CC3CC(CC(C3)C1)C2.C=C(C)C(=O)OCC(=O)OC1C2CC3CC(C2)C(=O)OC1C3.C=C(C)C(=O)OCCOC(=O)CC(F)(F)F. The first-order chi connectivity index (χ1) is 30.5. The minimum atomic E-state index is -4.59. The zero-order valence-electron chi connectivity index (χ0n) is 37.9. The van der Waals surface area contributed by atoms with Gasteiger partial charge in [0.05, 0.1) is 5.92 Å². The monoisotopic (exact) mass is 950 g/mol. The molecule has 6 unspecified atom stereocenters.